The van der Waals surface area contributed by atoms with E-state index in [0.29, 0.717) is 58.6 Å². The number of carbonyl (C=O) groups excluding carboxylic acids is 1. The van der Waals surface area contributed by atoms with Crippen molar-refractivity contribution < 1.29 is 26.8 Å². The van der Waals surface area contributed by atoms with Gasteiger partial charge in [-0.05, 0) is 56.6 Å². The largest absolute Gasteiger partial charge is 0.423 e. The van der Waals surface area contributed by atoms with Crippen molar-refractivity contribution in [3.8, 4) is 0 Å². The third kappa shape index (κ3) is 6.12. The number of fused-ring (bicyclic) bond motifs is 1. The van der Waals surface area contributed by atoms with E-state index in [9.17, 15) is 22.4 Å². The Morgan fingerprint density at radius 3 is 2.54 bits per heavy atom. The standard InChI is InChI=1S/C24H25F4N7O2/c1-34(2)10-9-30-20-12-17-21(29)35(13-31-22(17)37-20)16-6-4-15(5-7-16)32-23(36)33-19-11-14(24(26,27)28)3-8-18(19)25/h3-8,11-12,30H,9-10,13,29H2,1-2H3,(H2,32,33,36). The summed E-state index contributed by atoms with van der Waals surface area (Å²) in [5.74, 6) is 0.00378. The maximum atomic E-state index is 13.9. The number of nitrogens with two attached hydrogens (primary N) is 1. The van der Waals surface area contributed by atoms with Gasteiger partial charge in [-0.25, -0.2) is 14.2 Å². The number of furan rings is 1. The molecule has 0 radical (unpaired) electrons. The summed E-state index contributed by atoms with van der Waals surface area (Å²) in [6, 6.07) is 9.17. The number of amides is 2. The molecular weight excluding hydrogens is 494 g/mol. The van der Waals surface area contributed by atoms with Gasteiger partial charge in [0.15, 0.2) is 5.88 Å². The van der Waals surface area contributed by atoms with Crippen LogP contribution in [0.1, 0.15) is 5.56 Å². The fourth-order valence-electron chi connectivity index (χ4n) is 3.56. The second kappa shape index (κ2) is 10.4. The van der Waals surface area contributed by atoms with Crippen molar-refractivity contribution in [2.45, 2.75) is 6.18 Å². The number of benzene rings is 2. The Morgan fingerprint density at radius 2 is 1.86 bits per heavy atom. The lowest BCUT2D eigenvalue weighted by Gasteiger charge is -2.24. The minimum absolute atomic E-state index is 0.214. The van der Waals surface area contributed by atoms with Gasteiger partial charge in [0.25, 0.3) is 0 Å². The van der Waals surface area contributed by atoms with E-state index in [4.69, 9.17) is 10.2 Å². The molecule has 0 bridgehead atoms. The van der Waals surface area contributed by atoms with Gasteiger partial charge in [0.2, 0.25) is 5.55 Å². The molecule has 5 N–H and O–H groups in total. The monoisotopic (exact) mass is 519 g/mol. The lowest BCUT2D eigenvalue weighted by molar-refractivity contribution is -0.137. The molecule has 0 unspecified atom stereocenters. The van der Waals surface area contributed by atoms with Gasteiger partial charge >= 0.3 is 12.2 Å². The Kier molecular flexibility index (Phi) is 7.25. The number of rotatable bonds is 7. The number of hydrogen-bond acceptors (Lipinski definition) is 7. The fourth-order valence-corrected chi connectivity index (χ4v) is 3.56. The maximum Gasteiger partial charge on any atom is 0.416 e. The average Bonchev–Trinajstić information content (AvgIpc) is 3.24. The molecule has 0 saturated heterocycles. The molecule has 1 aliphatic heterocycles. The number of likely N-dealkylation sites (N-methyl/N-ethyl adjacent to an activating group) is 1. The van der Waals surface area contributed by atoms with Crippen LogP contribution in [0.3, 0.4) is 0 Å². The molecular formula is C24H25F4N7O2. The minimum atomic E-state index is -4.67. The highest BCUT2D eigenvalue weighted by Gasteiger charge is 2.31. The molecule has 0 saturated carbocycles. The number of urea groups is 1. The molecule has 0 fully saturated rings. The SMILES string of the molecule is CN(C)CCNc1cc2c(o1)=NCN(c1ccc(NC(=O)Nc3cc(C(F)(F)F)ccc3F)cc1)C=2N. The van der Waals surface area contributed by atoms with Crippen LogP contribution in [0.25, 0.3) is 5.82 Å². The normalized spacial score (nSPS) is 13.3. The van der Waals surface area contributed by atoms with Crippen LogP contribution in [0.5, 0.6) is 0 Å². The smallest absolute Gasteiger partial charge is 0.416 e. The summed E-state index contributed by atoms with van der Waals surface area (Å²) < 4.78 is 58.3. The van der Waals surface area contributed by atoms with Crippen LogP contribution in [-0.2, 0) is 6.18 Å². The zero-order chi connectivity index (χ0) is 26.7. The molecule has 3 aromatic rings. The highest BCUT2D eigenvalue weighted by Crippen LogP contribution is 2.32. The molecule has 0 spiro atoms. The highest BCUT2D eigenvalue weighted by molar-refractivity contribution is 6.00. The fraction of sp³-hybridized carbons (Fsp3) is 0.250. The van der Waals surface area contributed by atoms with Crippen LogP contribution in [0, 0.1) is 5.82 Å². The van der Waals surface area contributed by atoms with Crippen LogP contribution >= 0.6 is 0 Å². The Balaban J connectivity index is 1.43. The summed E-state index contributed by atoms with van der Waals surface area (Å²) in [5, 5.41) is 8.38. The molecule has 1 aliphatic rings. The zero-order valence-electron chi connectivity index (χ0n) is 20.0. The third-order valence-corrected chi connectivity index (χ3v) is 5.47. The van der Waals surface area contributed by atoms with Crippen LogP contribution in [-0.4, -0.2) is 44.8 Å². The zero-order valence-corrected chi connectivity index (χ0v) is 20.0. The molecule has 37 heavy (non-hydrogen) atoms. The Morgan fingerprint density at radius 1 is 1.14 bits per heavy atom. The van der Waals surface area contributed by atoms with Crippen molar-refractivity contribution in [2.24, 2.45) is 10.7 Å². The van der Waals surface area contributed by atoms with Crippen molar-refractivity contribution in [3.63, 3.8) is 0 Å². The molecule has 13 heteroatoms. The van der Waals surface area contributed by atoms with E-state index in [2.05, 4.69) is 20.9 Å². The highest BCUT2D eigenvalue weighted by atomic mass is 19.4. The van der Waals surface area contributed by atoms with Crippen molar-refractivity contribution >= 4 is 34.8 Å². The summed E-state index contributed by atoms with van der Waals surface area (Å²) in [6.45, 7) is 1.72. The van der Waals surface area contributed by atoms with E-state index >= 15 is 0 Å². The summed E-state index contributed by atoms with van der Waals surface area (Å²) in [7, 11) is 3.94. The predicted octanol–water partition coefficient (Wildman–Crippen LogP) is 3.18. The number of alkyl halides is 3. The number of nitrogens with one attached hydrogen (secondary N) is 3. The van der Waals surface area contributed by atoms with E-state index in [0.717, 1.165) is 6.54 Å². The molecule has 1 aromatic heterocycles. The van der Waals surface area contributed by atoms with Crippen molar-refractivity contribution in [3.05, 3.63) is 70.7 Å². The number of hydrogen-bond donors (Lipinski definition) is 4. The average molecular weight is 520 g/mol. The Bertz CT molecular complexity index is 1400. The lowest BCUT2D eigenvalue weighted by Crippen LogP contribution is -2.42. The van der Waals surface area contributed by atoms with Gasteiger partial charge in [-0.1, -0.05) is 0 Å². The first-order valence-electron chi connectivity index (χ1n) is 11.2. The van der Waals surface area contributed by atoms with Crippen LogP contribution in [0.15, 0.2) is 57.9 Å². The molecule has 9 nitrogen and oxygen atoms in total. The van der Waals surface area contributed by atoms with E-state index < -0.39 is 29.3 Å². The molecule has 2 aromatic carbocycles. The number of anilines is 4. The molecule has 196 valence electrons. The summed E-state index contributed by atoms with van der Waals surface area (Å²) >= 11 is 0. The van der Waals surface area contributed by atoms with Gasteiger partial charge < -0.3 is 35.9 Å². The van der Waals surface area contributed by atoms with E-state index in [1.807, 2.05) is 19.0 Å². The number of carbonyl (C=O) groups is 1. The molecule has 0 aliphatic carbocycles. The minimum Gasteiger partial charge on any atom is -0.423 e. The third-order valence-electron chi connectivity index (χ3n) is 5.47. The van der Waals surface area contributed by atoms with Crippen molar-refractivity contribution in [1.82, 2.24) is 4.90 Å². The summed E-state index contributed by atoms with van der Waals surface area (Å²) in [6.07, 6.45) is -4.67. The van der Waals surface area contributed by atoms with Gasteiger partial charge in [-0.3, -0.25) is 0 Å². The maximum absolute atomic E-state index is 13.9. The van der Waals surface area contributed by atoms with Crippen molar-refractivity contribution in [1.29, 1.82) is 0 Å². The lowest BCUT2D eigenvalue weighted by atomic mass is 10.2. The van der Waals surface area contributed by atoms with Gasteiger partial charge in [-0.15, -0.1) is 0 Å². The second-order valence-electron chi connectivity index (χ2n) is 8.49. The quantitative estimate of drug-likeness (QED) is 0.357. The first-order chi connectivity index (χ1) is 17.5. The first kappa shape index (κ1) is 25.8. The molecule has 0 atom stereocenters. The van der Waals surface area contributed by atoms with E-state index in [-0.39, 0.29) is 6.67 Å². The van der Waals surface area contributed by atoms with E-state index in [1.165, 1.54) is 0 Å². The van der Waals surface area contributed by atoms with Crippen molar-refractivity contribution in [2.75, 3.05) is 54.7 Å². The predicted molar refractivity (Wildman–Crippen MR) is 132 cm³/mol. The van der Waals surface area contributed by atoms with E-state index in [1.54, 1.807) is 35.2 Å². The van der Waals surface area contributed by atoms with Gasteiger partial charge in [0, 0.05) is 30.5 Å². The number of halogens is 4. The van der Waals surface area contributed by atoms with Gasteiger partial charge in [0.05, 0.1) is 16.5 Å². The van der Waals surface area contributed by atoms with Crippen LogP contribution in [0.4, 0.5) is 45.3 Å². The Hall–Kier alpha value is -4.26. The van der Waals surface area contributed by atoms with Gasteiger partial charge in [0.1, 0.15) is 18.3 Å². The second-order valence-corrected chi connectivity index (χ2v) is 8.49. The Labute approximate surface area is 209 Å². The van der Waals surface area contributed by atoms with Crippen LogP contribution < -0.4 is 37.4 Å². The van der Waals surface area contributed by atoms with Gasteiger partial charge in [-0.2, -0.15) is 13.2 Å². The molecule has 2 amide bonds. The van der Waals surface area contributed by atoms with Crippen LogP contribution in [0.2, 0.25) is 0 Å². The summed E-state index contributed by atoms with van der Waals surface area (Å²) in [5.41, 5.74) is 6.14. The summed E-state index contributed by atoms with van der Waals surface area (Å²) in [4.78, 5) is 20.5. The number of nitrogens with zero attached hydrogens (tertiary/aromatic N) is 3. The molecule has 2 heterocycles. The molecule has 4 rings (SSSR count). The topological polar surface area (TPSA) is 111 Å². The first-order valence-corrected chi connectivity index (χ1v) is 11.2.